The summed E-state index contributed by atoms with van der Waals surface area (Å²) in [4.78, 5) is 11.3. The summed E-state index contributed by atoms with van der Waals surface area (Å²) >= 11 is 0. The molecule has 0 spiro atoms. The average molecular weight is 183 g/mol. The first-order valence-corrected chi connectivity index (χ1v) is 5.08. The standard InChI is InChI=1S/C6H5N3O2S/c1-12(10,11)6-8-4-2-7-3-5(4)9-6/h2-3H,1H3. The van der Waals surface area contributed by atoms with Crippen LogP contribution in [0.2, 0.25) is 0 Å². The fraction of sp³-hybridized carbons (Fsp3) is 0.167. The molecule has 0 aromatic rings. The third-order valence-electron chi connectivity index (χ3n) is 1.42. The lowest BCUT2D eigenvalue weighted by Gasteiger charge is -1.88. The van der Waals surface area contributed by atoms with Crippen LogP contribution < -0.4 is 0 Å². The molecule has 5 nitrogen and oxygen atoms in total. The maximum Gasteiger partial charge on any atom is 0.248 e. The molecule has 0 fully saturated rings. The van der Waals surface area contributed by atoms with Gasteiger partial charge in [0, 0.05) is 6.26 Å². The van der Waals surface area contributed by atoms with Crippen molar-refractivity contribution in [2.24, 2.45) is 15.0 Å². The molecule has 0 N–H and O–H groups in total. The van der Waals surface area contributed by atoms with Gasteiger partial charge in [0.25, 0.3) is 0 Å². The summed E-state index contributed by atoms with van der Waals surface area (Å²) in [6.45, 7) is 0. The summed E-state index contributed by atoms with van der Waals surface area (Å²) in [5, 5.41) is -0.130. The molecule has 0 aliphatic carbocycles. The zero-order chi connectivity index (χ0) is 8.77. The van der Waals surface area contributed by atoms with Gasteiger partial charge in [0.05, 0.1) is 12.4 Å². The van der Waals surface area contributed by atoms with Crippen molar-refractivity contribution < 1.29 is 8.42 Å². The summed E-state index contributed by atoms with van der Waals surface area (Å²) < 4.78 is 21.9. The molecule has 2 heterocycles. The maximum absolute atomic E-state index is 11.0. The van der Waals surface area contributed by atoms with E-state index in [9.17, 15) is 8.42 Å². The van der Waals surface area contributed by atoms with Gasteiger partial charge in [0.15, 0.2) is 0 Å². The highest BCUT2D eigenvalue weighted by atomic mass is 32.2. The van der Waals surface area contributed by atoms with E-state index in [4.69, 9.17) is 0 Å². The third-order valence-corrected chi connectivity index (χ3v) is 2.27. The van der Waals surface area contributed by atoms with E-state index in [1.54, 1.807) is 0 Å². The summed E-state index contributed by atoms with van der Waals surface area (Å²) in [6.07, 6.45) is 4.04. The predicted octanol–water partition coefficient (Wildman–Crippen LogP) is -0.233. The van der Waals surface area contributed by atoms with Gasteiger partial charge < -0.3 is 0 Å². The monoisotopic (exact) mass is 183 g/mol. The van der Waals surface area contributed by atoms with Crippen LogP contribution in [-0.4, -0.2) is 31.8 Å². The second-order valence-corrected chi connectivity index (χ2v) is 4.37. The van der Waals surface area contributed by atoms with Crippen LogP contribution in [-0.2, 0) is 9.84 Å². The van der Waals surface area contributed by atoms with Gasteiger partial charge in [-0.05, 0) is 0 Å². The summed E-state index contributed by atoms with van der Waals surface area (Å²) in [6, 6.07) is 0. The lowest BCUT2D eigenvalue weighted by Crippen LogP contribution is -2.08. The Morgan fingerprint density at radius 3 is 2.67 bits per heavy atom. The Hall–Kier alpha value is -1.30. The lowest BCUT2D eigenvalue weighted by atomic mass is 10.4. The van der Waals surface area contributed by atoms with E-state index < -0.39 is 9.84 Å². The minimum absolute atomic E-state index is 0.130. The second kappa shape index (κ2) is 2.10. The van der Waals surface area contributed by atoms with Crippen molar-refractivity contribution in [2.45, 2.75) is 0 Å². The molecule has 0 radical (unpaired) electrons. The molecule has 6 heteroatoms. The zero-order valence-corrected chi connectivity index (χ0v) is 7.04. The van der Waals surface area contributed by atoms with Gasteiger partial charge in [-0.2, -0.15) is 0 Å². The van der Waals surface area contributed by atoms with E-state index in [2.05, 4.69) is 15.0 Å². The molecule has 2 aliphatic rings. The molecule has 2 aliphatic heterocycles. The van der Waals surface area contributed by atoms with E-state index in [-0.39, 0.29) is 5.17 Å². The topological polar surface area (TPSA) is 71.2 Å². The van der Waals surface area contributed by atoms with Crippen molar-refractivity contribution in [3.63, 3.8) is 0 Å². The van der Waals surface area contributed by atoms with Gasteiger partial charge >= 0.3 is 0 Å². The molecule has 62 valence electrons. The highest BCUT2D eigenvalue weighted by Gasteiger charge is 2.23. The molecular weight excluding hydrogens is 178 g/mol. The van der Waals surface area contributed by atoms with Crippen molar-refractivity contribution in [2.75, 3.05) is 6.26 Å². The van der Waals surface area contributed by atoms with Crippen molar-refractivity contribution in [1.82, 2.24) is 0 Å². The van der Waals surface area contributed by atoms with Gasteiger partial charge in [0.1, 0.15) is 11.4 Å². The van der Waals surface area contributed by atoms with Crippen LogP contribution in [0.3, 0.4) is 0 Å². The SMILES string of the molecule is CS(=O)(=O)C1=NC2=CN=CC2=N1. The van der Waals surface area contributed by atoms with E-state index in [0.29, 0.717) is 11.4 Å². The molecule has 0 saturated carbocycles. The Labute approximate surface area is 69.2 Å². The number of fused-ring (bicyclic) bond motifs is 1. The first-order chi connectivity index (χ1) is 5.57. The third kappa shape index (κ3) is 1.00. The van der Waals surface area contributed by atoms with Gasteiger partial charge in [-0.25, -0.2) is 18.4 Å². The summed E-state index contributed by atoms with van der Waals surface area (Å²) in [5.41, 5.74) is 1.05. The minimum Gasteiger partial charge on any atom is -0.260 e. The van der Waals surface area contributed by atoms with Crippen LogP contribution in [0, 0.1) is 0 Å². The Kier molecular flexibility index (Phi) is 1.29. The number of rotatable bonds is 0. The Balaban J connectivity index is 2.51. The number of sulfone groups is 1. The molecule has 0 aromatic carbocycles. The van der Waals surface area contributed by atoms with Gasteiger partial charge in [0.2, 0.25) is 15.0 Å². The summed E-state index contributed by atoms with van der Waals surface area (Å²) in [7, 11) is -3.28. The van der Waals surface area contributed by atoms with E-state index in [1.807, 2.05) is 0 Å². The molecule has 0 amide bonds. The Bertz CT molecular complexity index is 444. The van der Waals surface area contributed by atoms with Crippen molar-refractivity contribution in [1.29, 1.82) is 0 Å². The highest BCUT2D eigenvalue weighted by molar-refractivity contribution is 8.05. The van der Waals surface area contributed by atoms with Crippen LogP contribution in [0.1, 0.15) is 0 Å². The van der Waals surface area contributed by atoms with Crippen LogP contribution in [0.4, 0.5) is 0 Å². The molecule has 0 saturated heterocycles. The first-order valence-electron chi connectivity index (χ1n) is 3.18. The molecule has 0 bridgehead atoms. The van der Waals surface area contributed by atoms with E-state index in [0.717, 1.165) is 6.26 Å². The van der Waals surface area contributed by atoms with Gasteiger partial charge in [-0.15, -0.1) is 0 Å². The molecule has 12 heavy (non-hydrogen) atoms. The van der Waals surface area contributed by atoms with Crippen LogP contribution in [0.25, 0.3) is 0 Å². The van der Waals surface area contributed by atoms with Crippen molar-refractivity contribution in [3.05, 3.63) is 11.9 Å². The van der Waals surface area contributed by atoms with Crippen molar-refractivity contribution in [3.8, 4) is 0 Å². The summed E-state index contributed by atoms with van der Waals surface area (Å²) in [5.74, 6) is 0. The Morgan fingerprint density at radius 1 is 1.33 bits per heavy atom. The van der Waals surface area contributed by atoms with Crippen molar-refractivity contribution >= 4 is 26.9 Å². The number of nitrogens with zero attached hydrogens (tertiary/aromatic N) is 3. The smallest absolute Gasteiger partial charge is 0.248 e. The number of amidine groups is 1. The number of aliphatic imine (C=N–C) groups is 3. The molecule has 0 aromatic heterocycles. The molecular formula is C6H5N3O2S. The maximum atomic E-state index is 11.0. The minimum atomic E-state index is -3.28. The van der Waals surface area contributed by atoms with E-state index in [1.165, 1.54) is 12.4 Å². The highest BCUT2D eigenvalue weighted by Crippen LogP contribution is 2.15. The number of hydrogen-bond donors (Lipinski definition) is 0. The number of allylic oxidation sites excluding steroid dienone is 1. The normalized spacial score (nSPS) is 20.2. The second-order valence-electron chi connectivity index (χ2n) is 2.46. The van der Waals surface area contributed by atoms with Crippen LogP contribution >= 0.6 is 0 Å². The predicted molar refractivity (Wildman–Crippen MR) is 46.3 cm³/mol. The lowest BCUT2D eigenvalue weighted by molar-refractivity contribution is 0.612. The molecule has 0 unspecified atom stereocenters. The number of hydrogen-bond acceptors (Lipinski definition) is 5. The van der Waals surface area contributed by atoms with Gasteiger partial charge in [-0.1, -0.05) is 0 Å². The largest absolute Gasteiger partial charge is 0.260 e. The average Bonchev–Trinajstić information content (AvgIpc) is 2.37. The van der Waals surface area contributed by atoms with E-state index >= 15 is 0 Å². The zero-order valence-electron chi connectivity index (χ0n) is 6.22. The molecule has 2 rings (SSSR count). The molecule has 0 atom stereocenters. The fourth-order valence-corrected chi connectivity index (χ4v) is 1.41. The first kappa shape index (κ1) is 7.35. The van der Waals surface area contributed by atoms with Gasteiger partial charge in [-0.3, -0.25) is 4.99 Å². The fourth-order valence-electron chi connectivity index (χ4n) is 0.880. The quantitative estimate of drug-likeness (QED) is 0.520. The van der Waals surface area contributed by atoms with Crippen LogP contribution in [0.5, 0.6) is 0 Å². The Morgan fingerprint density at radius 2 is 2.08 bits per heavy atom. The van der Waals surface area contributed by atoms with Crippen LogP contribution in [0.15, 0.2) is 26.9 Å².